The second-order valence-corrected chi connectivity index (χ2v) is 6.38. The maximum absolute atomic E-state index is 11.9. The van der Waals surface area contributed by atoms with Crippen LogP contribution in [0.5, 0.6) is 0 Å². The van der Waals surface area contributed by atoms with Crippen LogP contribution < -0.4 is 5.32 Å². The lowest BCUT2D eigenvalue weighted by Crippen LogP contribution is -2.39. The van der Waals surface area contributed by atoms with Crippen LogP contribution in [0.25, 0.3) is 0 Å². The molecule has 19 heavy (non-hydrogen) atoms. The van der Waals surface area contributed by atoms with E-state index < -0.39 is 5.60 Å². The van der Waals surface area contributed by atoms with Gasteiger partial charge in [0, 0.05) is 39.4 Å². The molecule has 1 amide bonds. The standard InChI is InChI=1S/C14H28N2O3/c1-11(10-18-5)8-15-12-6-7-16(9-12)13(17)19-14(2,3)4/h11-12,15H,6-10H2,1-5H3. The predicted octanol–water partition coefficient (Wildman–Crippen LogP) is 1.87. The Morgan fingerprint density at radius 2 is 2.16 bits per heavy atom. The molecule has 0 saturated carbocycles. The van der Waals surface area contributed by atoms with E-state index in [1.54, 1.807) is 12.0 Å². The number of methoxy groups -OCH3 is 1. The molecule has 0 aromatic heterocycles. The fourth-order valence-electron chi connectivity index (χ4n) is 2.13. The van der Waals surface area contributed by atoms with Gasteiger partial charge in [-0.3, -0.25) is 0 Å². The van der Waals surface area contributed by atoms with E-state index in [2.05, 4.69) is 12.2 Å². The molecule has 0 spiro atoms. The van der Waals surface area contributed by atoms with Gasteiger partial charge in [-0.15, -0.1) is 0 Å². The Labute approximate surface area is 116 Å². The number of nitrogens with one attached hydrogen (secondary N) is 1. The van der Waals surface area contributed by atoms with Crippen molar-refractivity contribution in [2.24, 2.45) is 5.92 Å². The molecule has 2 atom stereocenters. The van der Waals surface area contributed by atoms with Crippen LogP contribution >= 0.6 is 0 Å². The third-order valence-electron chi connectivity index (χ3n) is 3.05. The topological polar surface area (TPSA) is 50.8 Å². The van der Waals surface area contributed by atoms with Crippen LogP contribution in [0.1, 0.15) is 34.1 Å². The van der Waals surface area contributed by atoms with E-state index in [1.807, 2.05) is 20.8 Å². The van der Waals surface area contributed by atoms with Crippen LogP contribution in [-0.4, -0.2) is 56.0 Å². The number of carbonyl (C=O) groups is 1. The lowest BCUT2D eigenvalue weighted by molar-refractivity contribution is 0.0290. The van der Waals surface area contributed by atoms with Gasteiger partial charge in [0.1, 0.15) is 5.60 Å². The summed E-state index contributed by atoms with van der Waals surface area (Å²) in [4.78, 5) is 13.7. The number of hydrogen-bond donors (Lipinski definition) is 1. The Balaban J connectivity index is 2.27. The Kier molecular flexibility index (Phi) is 6.07. The molecule has 1 fully saturated rings. The number of hydrogen-bond acceptors (Lipinski definition) is 4. The van der Waals surface area contributed by atoms with Gasteiger partial charge in [0.05, 0.1) is 0 Å². The van der Waals surface area contributed by atoms with Crippen molar-refractivity contribution in [3.8, 4) is 0 Å². The second kappa shape index (κ2) is 7.10. The first kappa shape index (κ1) is 16.2. The van der Waals surface area contributed by atoms with Gasteiger partial charge in [0.2, 0.25) is 0 Å². The first-order valence-electron chi connectivity index (χ1n) is 7.02. The molecule has 2 unspecified atom stereocenters. The van der Waals surface area contributed by atoms with Crippen molar-refractivity contribution in [1.82, 2.24) is 10.2 Å². The molecule has 1 saturated heterocycles. The van der Waals surface area contributed by atoms with Crippen molar-refractivity contribution in [2.45, 2.75) is 45.8 Å². The van der Waals surface area contributed by atoms with Gasteiger partial charge >= 0.3 is 6.09 Å². The van der Waals surface area contributed by atoms with Gasteiger partial charge in [-0.05, 0) is 33.1 Å². The van der Waals surface area contributed by atoms with Gasteiger partial charge in [0.25, 0.3) is 0 Å². The summed E-state index contributed by atoms with van der Waals surface area (Å²) in [5.74, 6) is 0.487. The summed E-state index contributed by atoms with van der Waals surface area (Å²) < 4.78 is 10.5. The van der Waals surface area contributed by atoms with Crippen molar-refractivity contribution in [1.29, 1.82) is 0 Å². The highest BCUT2D eigenvalue weighted by molar-refractivity contribution is 5.68. The van der Waals surface area contributed by atoms with Crippen molar-refractivity contribution in [2.75, 3.05) is 33.4 Å². The summed E-state index contributed by atoms with van der Waals surface area (Å²) >= 11 is 0. The molecule has 0 bridgehead atoms. The Bertz CT molecular complexity index is 289. The fraction of sp³-hybridized carbons (Fsp3) is 0.929. The minimum Gasteiger partial charge on any atom is -0.444 e. The van der Waals surface area contributed by atoms with Crippen molar-refractivity contribution in [3.63, 3.8) is 0 Å². The summed E-state index contributed by atoms with van der Waals surface area (Å²) in [6, 6.07) is 0.367. The molecular formula is C14H28N2O3. The molecular weight excluding hydrogens is 244 g/mol. The van der Waals surface area contributed by atoms with E-state index in [0.29, 0.717) is 12.0 Å². The second-order valence-electron chi connectivity index (χ2n) is 6.38. The summed E-state index contributed by atoms with van der Waals surface area (Å²) in [5, 5.41) is 3.48. The molecule has 112 valence electrons. The average molecular weight is 272 g/mol. The zero-order valence-electron chi connectivity index (χ0n) is 12.9. The number of rotatable bonds is 5. The summed E-state index contributed by atoms with van der Waals surface area (Å²) in [7, 11) is 1.72. The Morgan fingerprint density at radius 1 is 1.47 bits per heavy atom. The molecule has 1 rings (SSSR count). The molecule has 1 N–H and O–H groups in total. The maximum Gasteiger partial charge on any atom is 0.410 e. The number of nitrogens with zero attached hydrogens (tertiary/aromatic N) is 1. The Morgan fingerprint density at radius 3 is 2.74 bits per heavy atom. The van der Waals surface area contributed by atoms with Crippen LogP contribution in [0, 0.1) is 5.92 Å². The molecule has 1 aliphatic rings. The SMILES string of the molecule is COCC(C)CNC1CCN(C(=O)OC(C)(C)C)C1. The van der Waals surface area contributed by atoms with Crippen molar-refractivity contribution >= 4 is 6.09 Å². The highest BCUT2D eigenvalue weighted by Gasteiger charge is 2.29. The third kappa shape index (κ3) is 6.25. The van der Waals surface area contributed by atoms with Crippen molar-refractivity contribution in [3.05, 3.63) is 0 Å². The van der Waals surface area contributed by atoms with E-state index in [9.17, 15) is 4.79 Å². The van der Waals surface area contributed by atoms with E-state index in [0.717, 1.165) is 32.7 Å². The van der Waals surface area contributed by atoms with E-state index in [1.165, 1.54) is 0 Å². The highest BCUT2D eigenvalue weighted by Crippen LogP contribution is 2.15. The monoisotopic (exact) mass is 272 g/mol. The summed E-state index contributed by atoms with van der Waals surface area (Å²) in [5.41, 5.74) is -0.421. The minimum absolute atomic E-state index is 0.207. The lowest BCUT2D eigenvalue weighted by Gasteiger charge is -2.24. The van der Waals surface area contributed by atoms with Gasteiger partial charge in [0.15, 0.2) is 0 Å². The van der Waals surface area contributed by atoms with Crippen LogP contribution in [-0.2, 0) is 9.47 Å². The molecule has 0 aromatic carbocycles. The molecule has 0 aromatic rings. The van der Waals surface area contributed by atoms with Gasteiger partial charge in [-0.1, -0.05) is 6.92 Å². The fourth-order valence-corrected chi connectivity index (χ4v) is 2.13. The van der Waals surface area contributed by atoms with Gasteiger partial charge in [-0.2, -0.15) is 0 Å². The highest BCUT2D eigenvalue weighted by atomic mass is 16.6. The zero-order chi connectivity index (χ0) is 14.5. The number of amides is 1. The van der Waals surface area contributed by atoms with E-state index in [4.69, 9.17) is 9.47 Å². The number of carbonyl (C=O) groups excluding carboxylic acids is 1. The number of likely N-dealkylation sites (tertiary alicyclic amines) is 1. The molecule has 1 aliphatic heterocycles. The molecule has 5 heteroatoms. The van der Waals surface area contributed by atoms with Gasteiger partial charge < -0.3 is 19.7 Å². The van der Waals surface area contributed by atoms with Crippen LogP contribution in [0.2, 0.25) is 0 Å². The quantitative estimate of drug-likeness (QED) is 0.830. The first-order valence-corrected chi connectivity index (χ1v) is 7.02. The largest absolute Gasteiger partial charge is 0.444 e. The molecule has 0 aliphatic carbocycles. The molecule has 5 nitrogen and oxygen atoms in total. The molecule has 1 heterocycles. The smallest absolute Gasteiger partial charge is 0.410 e. The molecule has 0 radical (unpaired) electrons. The first-order chi connectivity index (χ1) is 8.81. The third-order valence-corrected chi connectivity index (χ3v) is 3.05. The van der Waals surface area contributed by atoms with Crippen molar-refractivity contribution < 1.29 is 14.3 Å². The van der Waals surface area contributed by atoms with E-state index >= 15 is 0 Å². The zero-order valence-corrected chi connectivity index (χ0v) is 12.9. The minimum atomic E-state index is -0.421. The maximum atomic E-state index is 11.9. The van der Waals surface area contributed by atoms with E-state index in [-0.39, 0.29) is 6.09 Å². The average Bonchev–Trinajstić information content (AvgIpc) is 2.73. The Hall–Kier alpha value is -0.810. The van der Waals surface area contributed by atoms with Crippen LogP contribution in [0.15, 0.2) is 0 Å². The van der Waals surface area contributed by atoms with Gasteiger partial charge in [-0.25, -0.2) is 4.79 Å². The lowest BCUT2D eigenvalue weighted by atomic mass is 10.2. The normalized spacial score (nSPS) is 21.5. The summed E-state index contributed by atoms with van der Waals surface area (Å²) in [6.07, 6.45) is 0.778. The predicted molar refractivity (Wildman–Crippen MR) is 75.3 cm³/mol. The number of ether oxygens (including phenoxy) is 2. The van der Waals surface area contributed by atoms with Crippen LogP contribution in [0.3, 0.4) is 0 Å². The van der Waals surface area contributed by atoms with Crippen LogP contribution in [0.4, 0.5) is 4.79 Å². The summed E-state index contributed by atoms with van der Waals surface area (Å²) in [6.45, 7) is 11.0.